The fraction of sp³-hybridized carbons (Fsp3) is 0.273. The van der Waals surface area contributed by atoms with E-state index in [1.165, 1.54) is 10.3 Å². The Bertz CT molecular complexity index is 449. The monoisotopic (exact) mass is 205 g/mol. The average Bonchev–Trinajstić information content (AvgIpc) is 2.64. The van der Waals surface area contributed by atoms with E-state index in [-0.39, 0.29) is 0 Å². The SMILES string of the molecule is CC(CC=O)c1ccc2scnc2c1. The molecule has 0 amide bonds. The summed E-state index contributed by atoms with van der Waals surface area (Å²) in [5.74, 6) is 0.290. The Kier molecular flexibility index (Phi) is 2.59. The van der Waals surface area contributed by atoms with Crippen molar-refractivity contribution in [1.29, 1.82) is 0 Å². The Balaban J connectivity index is 2.38. The van der Waals surface area contributed by atoms with Gasteiger partial charge in [-0.25, -0.2) is 4.98 Å². The molecule has 0 spiro atoms. The van der Waals surface area contributed by atoms with E-state index in [1.807, 2.05) is 5.51 Å². The number of carbonyl (C=O) groups is 1. The lowest BCUT2D eigenvalue weighted by Crippen LogP contribution is -1.93. The molecule has 0 radical (unpaired) electrons. The molecular formula is C11H11NOS. The molecule has 2 rings (SSSR count). The van der Waals surface area contributed by atoms with Crippen LogP contribution < -0.4 is 0 Å². The number of aromatic nitrogens is 1. The van der Waals surface area contributed by atoms with Gasteiger partial charge in [0, 0.05) is 6.42 Å². The largest absolute Gasteiger partial charge is 0.303 e. The minimum atomic E-state index is 0.290. The van der Waals surface area contributed by atoms with Crippen molar-refractivity contribution in [3.63, 3.8) is 0 Å². The van der Waals surface area contributed by atoms with E-state index in [4.69, 9.17) is 0 Å². The second-order valence-electron chi connectivity index (χ2n) is 3.38. The van der Waals surface area contributed by atoms with E-state index in [0.717, 1.165) is 11.8 Å². The Labute approximate surface area is 86.6 Å². The van der Waals surface area contributed by atoms with Gasteiger partial charge in [-0.05, 0) is 23.6 Å². The molecule has 0 fully saturated rings. The molecule has 0 saturated carbocycles. The second kappa shape index (κ2) is 3.88. The zero-order chi connectivity index (χ0) is 9.97. The van der Waals surface area contributed by atoms with Gasteiger partial charge in [-0.2, -0.15) is 0 Å². The molecule has 1 aromatic heterocycles. The number of benzene rings is 1. The molecule has 0 N–H and O–H groups in total. The van der Waals surface area contributed by atoms with Gasteiger partial charge in [0.25, 0.3) is 0 Å². The van der Waals surface area contributed by atoms with E-state index in [2.05, 4.69) is 30.1 Å². The molecule has 1 atom stereocenters. The Hall–Kier alpha value is -1.22. The Morgan fingerprint density at radius 3 is 3.21 bits per heavy atom. The lowest BCUT2D eigenvalue weighted by Gasteiger charge is -2.07. The van der Waals surface area contributed by atoms with Gasteiger partial charge in [-0.3, -0.25) is 0 Å². The smallest absolute Gasteiger partial charge is 0.120 e. The van der Waals surface area contributed by atoms with Crippen LogP contribution in [-0.4, -0.2) is 11.3 Å². The van der Waals surface area contributed by atoms with Gasteiger partial charge in [-0.1, -0.05) is 13.0 Å². The summed E-state index contributed by atoms with van der Waals surface area (Å²) in [5.41, 5.74) is 4.07. The molecular weight excluding hydrogens is 194 g/mol. The zero-order valence-corrected chi connectivity index (χ0v) is 8.75. The summed E-state index contributed by atoms with van der Waals surface area (Å²) in [6.07, 6.45) is 1.55. The molecule has 1 unspecified atom stereocenters. The summed E-state index contributed by atoms with van der Waals surface area (Å²) in [5, 5.41) is 0. The summed E-state index contributed by atoms with van der Waals surface area (Å²) in [6.45, 7) is 2.06. The molecule has 14 heavy (non-hydrogen) atoms. The van der Waals surface area contributed by atoms with Crippen molar-refractivity contribution >= 4 is 27.8 Å². The predicted molar refractivity (Wildman–Crippen MR) is 58.7 cm³/mol. The van der Waals surface area contributed by atoms with Crippen LogP contribution in [0.3, 0.4) is 0 Å². The Morgan fingerprint density at radius 2 is 2.43 bits per heavy atom. The standard InChI is InChI=1S/C11H11NOS/c1-8(4-5-13)9-2-3-11-10(6-9)12-7-14-11/h2-3,5-8H,4H2,1H3. The predicted octanol–water partition coefficient (Wildman–Crippen LogP) is 2.99. The number of hydrogen-bond acceptors (Lipinski definition) is 3. The highest BCUT2D eigenvalue weighted by Crippen LogP contribution is 2.24. The highest BCUT2D eigenvalue weighted by Gasteiger charge is 2.06. The van der Waals surface area contributed by atoms with Crippen molar-refractivity contribution in [2.24, 2.45) is 0 Å². The minimum absolute atomic E-state index is 0.290. The quantitative estimate of drug-likeness (QED) is 0.721. The van der Waals surface area contributed by atoms with E-state index < -0.39 is 0 Å². The molecule has 0 bridgehead atoms. The first-order chi connectivity index (χ1) is 6.81. The number of rotatable bonds is 3. The second-order valence-corrected chi connectivity index (χ2v) is 4.27. The maximum absolute atomic E-state index is 10.4. The van der Waals surface area contributed by atoms with Crippen LogP contribution in [0.2, 0.25) is 0 Å². The maximum Gasteiger partial charge on any atom is 0.120 e. The van der Waals surface area contributed by atoms with Gasteiger partial charge >= 0.3 is 0 Å². The first-order valence-corrected chi connectivity index (χ1v) is 5.46. The van der Waals surface area contributed by atoms with Crippen LogP contribution in [0.5, 0.6) is 0 Å². The van der Waals surface area contributed by atoms with Gasteiger partial charge in [-0.15, -0.1) is 11.3 Å². The van der Waals surface area contributed by atoms with Crippen LogP contribution in [0.15, 0.2) is 23.7 Å². The van der Waals surface area contributed by atoms with Crippen molar-refractivity contribution in [3.8, 4) is 0 Å². The normalized spacial score (nSPS) is 12.9. The molecule has 3 heteroatoms. The molecule has 0 aliphatic heterocycles. The van der Waals surface area contributed by atoms with Crippen LogP contribution in [0, 0.1) is 0 Å². The molecule has 72 valence electrons. The van der Waals surface area contributed by atoms with Crippen molar-refractivity contribution in [3.05, 3.63) is 29.3 Å². The minimum Gasteiger partial charge on any atom is -0.303 e. The fourth-order valence-corrected chi connectivity index (χ4v) is 2.12. The van der Waals surface area contributed by atoms with Crippen LogP contribution >= 0.6 is 11.3 Å². The van der Waals surface area contributed by atoms with Crippen LogP contribution in [0.4, 0.5) is 0 Å². The summed E-state index contributed by atoms with van der Waals surface area (Å²) in [4.78, 5) is 14.6. The molecule has 1 heterocycles. The molecule has 2 nitrogen and oxygen atoms in total. The van der Waals surface area contributed by atoms with Gasteiger partial charge in [0.15, 0.2) is 0 Å². The van der Waals surface area contributed by atoms with Crippen LogP contribution in [-0.2, 0) is 4.79 Å². The summed E-state index contributed by atoms with van der Waals surface area (Å²) < 4.78 is 1.20. The number of nitrogens with zero attached hydrogens (tertiary/aromatic N) is 1. The fourth-order valence-electron chi connectivity index (χ4n) is 1.46. The highest BCUT2D eigenvalue weighted by molar-refractivity contribution is 7.16. The number of aldehydes is 1. The van der Waals surface area contributed by atoms with Crippen molar-refractivity contribution in [2.45, 2.75) is 19.3 Å². The van der Waals surface area contributed by atoms with Gasteiger partial charge in [0.05, 0.1) is 15.7 Å². The van der Waals surface area contributed by atoms with E-state index in [9.17, 15) is 4.79 Å². The van der Waals surface area contributed by atoms with Crippen molar-refractivity contribution < 1.29 is 4.79 Å². The highest BCUT2D eigenvalue weighted by atomic mass is 32.1. The van der Waals surface area contributed by atoms with E-state index in [0.29, 0.717) is 12.3 Å². The van der Waals surface area contributed by atoms with Crippen molar-refractivity contribution in [1.82, 2.24) is 4.98 Å². The van der Waals surface area contributed by atoms with Crippen molar-refractivity contribution in [2.75, 3.05) is 0 Å². The third-order valence-corrected chi connectivity index (χ3v) is 3.18. The number of thiazole rings is 1. The van der Waals surface area contributed by atoms with E-state index >= 15 is 0 Å². The first kappa shape index (κ1) is 9.34. The number of hydrogen-bond donors (Lipinski definition) is 0. The summed E-state index contributed by atoms with van der Waals surface area (Å²) >= 11 is 1.64. The van der Waals surface area contributed by atoms with Gasteiger partial charge < -0.3 is 4.79 Å². The van der Waals surface area contributed by atoms with E-state index in [1.54, 1.807) is 11.3 Å². The molecule has 0 aliphatic carbocycles. The third kappa shape index (κ3) is 1.68. The molecule has 0 saturated heterocycles. The summed E-state index contributed by atoms with van der Waals surface area (Å²) in [7, 11) is 0. The summed E-state index contributed by atoms with van der Waals surface area (Å²) in [6, 6.07) is 6.22. The molecule has 1 aromatic carbocycles. The average molecular weight is 205 g/mol. The number of fused-ring (bicyclic) bond motifs is 1. The van der Waals surface area contributed by atoms with Crippen LogP contribution in [0.25, 0.3) is 10.2 Å². The van der Waals surface area contributed by atoms with Crippen LogP contribution in [0.1, 0.15) is 24.8 Å². The topological polar surface area (TPSA) is 30.0 Å². The van der Waals surface area contributed by atoms with Gasteiger partial charge in [0.2, 0.25) is 0 Å². The number of carbonyl (C=O) groups excluding carboxylic acids is 1. The molecule has 2 aromatic rings. The lowest BCUT2D eigenvalue weighted by molar-refractivity contribution is -0.108. The molecule has 0 aliphatic rings. The maximum atomic E-state index is 10.4. The zero-order valence-electron chi connectivity index (χ0n) is 7.93. The Morgan fingerprint density at radius 1 is 1.57 bits per heavy atom. The lowest BCUT2D eigenvalue weighted by atomic mass is 9.98. The first-order valence-electron chi connectivity index (χ1n) is 4.58. The third-order valence-electron chi connectivity index (χ3n) is 2.37. The van der Waals surface area contributed by atoms with Gasteiger partial charge in [0.1, 0.15) is 6.29 Å².